The molecule has 0 bridgehead atoms. The number of carboxylic acid groups (broad SMARTS) is 1. The zero-order chi connectivity index (χ0) is 15.0. The number of carbonyl (C=O) groups excluding carboxylic acids is 1. The third-order valence-corrected chi connectivity index (χ3v) is 2.96. The van der Waals surface area contributed by atoms with Crippen LogP contribution in [-0.2, 0) is 11.2 Å². The number of carboxylic acids is 1. The Balaban J connectivity index is 2.34. The topological polar surface area (TPSA) is 78.4 Å². The van der Waals surface area contributed by atoms with Gasteiger partial charge < -0.3 is 15.7 Å². The first kappa shape index (κ1) is 16.0. The van der Waals surface area contributed by atoms with Gasteiger partial charge in [-0.25, -0.2) is 9.59 Å². The summed E-state index contributed by atoms with van der Waals surface area (Å²) >= 11 is 0. The lowest BCUT2D eigenvalue weighted by atomic mass is 10.1. The van der Waals surface area contributed by atoms with Gasteiger partial charge in [-0.3, -0.25) is 0 Å². The first-order valence-corrected chi connectivity index (χ1v) is 6.85. The second-order valence-electron chi connectivity index (χ2n) is 4.82. The van der Waals surface area contributed by atoms with Gasteiger partial charge in [0.05, 0.1) is 0 Å². The van der Waals surface area contributed by atoms with E-state index in [0.29, 0.717) is 19.4 Å². The molecule has 1 aromatic carbocycles. The summed E-state index contributed by atoms with van der Waals surface area (Å²) in [7, 11) is 0. The molecule has 0 spiro atoms. The summed E-state index contributed by atoms with van der Waals surface area (Å²) in [6, 6.07) is 6.82. The van der Waals surface area contributed by atoms with Gasteiger partial charge in [0.25, 0.3) is 0 Å². The summed E-state index contributed by atoms with van der Waals surface area (Å²) < 4.78 is 0. The zero-order valence-corrected chi connectivity index (χ0v) is 12.0. The number of aliphatic carboxylic acids is 1. The molecule has 0 saturated carbocycles. The van der Waals surface area contributed by atoms with Crippen molar-refractivity contribution in [3.63, 3.8) is 0 Å². The highest BCUT2D eigenvalue weighted by molar-refractivity contribution is 5.82. The maximum absolute atomic E-state index is 11.6. The van der Waals surface area contributed by atoms with Crippen molar-refractivity contribution in [1.29, 1.82) is 0 Å². The van der Waals surface area contributed by atoms with Crippen LogP contribution in [0.1, 0.15) is 30.9 Å². The number of amides is 2. The molecule has 5 heteroatoms. The lowest BCUT2D eigenvalue weighted by molar-refractivity contribution is -0.139. The zero-order valence-electron chi connectivity index (χ0n) is 12.0. The molecule has 1 aromatic rings. The summed E-state index contributed by atoms with van der Waals surface area (Å²) in [5.41, 5.74) is 2.33. The standard InChI is InChI=1S/C15H22N2O3/c1-3-5-13(14(18)19)17-15(20)16-9-8-12-7-4-6-11(2)10-12/h4,6-7,10,13H,3,5,8-9H2,1-2H3,(H,18,19)(H2,16,17,20)/t13-/m1/s1. The molecule has 2 amide bonds. The van der Waals surface area contributed by atoms with Gasteiger partial charge in [-0.1, -0.05) is 43.2 Å². The van der Waals surface area contributed by atoms with Gasteiger partial charge in [0.15, 0.2) is 0 Å². The van der Waals surface area contributed by atoms with Crippen LogP contribution in [-0.4, -0.2) is 29.7 Å². The largest absolute Gasteiger partial charge is 0.480 e. The fourth-order valence-electron chi connectivity index (χ4n) is 1.94. The van der Waals surface area contributed by atoms with Gasteiger partial charge >= 0.3 is 12.0 Å². The van der Waals surface area contributed by atoms with Crippen LogP contribution >= 0.6 is 0 Å². The Bertz CT molecular complexity index is 460. The van der Waals surface area contributed by atoms with Gasteiger partial charge in [0.2, 0.25) is 0 Å². The summed E-state index contributed by atoms with van der Waals surface area (Å²) in [6.07, 6.45) is 1.86. The summed E-state index contributed by atoms with van der Waals surface area (Å²) in [6.45, 7) is 4.38. The number of aryl methyl sites for hydroxylation is 1. The van der Waals surface area contributed by atoms with E-state index in [9.17, 15) is 9.59 Å². The number of urea groups is 1. The monoisotopic (exact) mass is 278 g/mol. The van der Waals surface area contributed by atoms with E-state index in [2.05, 4.69) is 16.7 Å². The van der Waals surface area contributed by atoms with Crippen molar-refractivity contribution in [1.82, 2.24) is 10.6 Å². The number of carbonyl (C=O) groups is 2. The van der Waals surface area contributed by atoms with Crippen LogP contribution in [0.15, 0.2) is 24.3 Å². The van der Waals surface area contributed by atoms with E-state index in [1.807, 2.05) is 32.0 Å². The highest BCUT2D eigenvalue weighted by Crippen LogP contribution is 2.04. The molecular formula is C15H22N2O3. The molecule has 0 aromatic heterocycles. The predicted octanol–water partition coefficient (Wildman–Crippen LogP) is 2.09. The Morgan fingerprint density at radius 1 is 1.35 bits per heavy atom. The smallest absolute Gasteiger partial charge is 0.326 e. The number of benzene rings is 1. The molecule has 0 aliphatic rings. The molecular weight excluding hydrogens is 256 g/mol. The number of rotatable bonds is 7. The van der Waals surface area contributed by atoms with Gasteiger partial charge in [-0.05, 0) is 25.3 Å². The van der Waals surface area contributed by atoms with Crippen LogP contribution in [0.4, 0.5) is 4.79 Å². The van der Waals surface area contributed by atoms with Crippen LogP contribution in [0.5, 0.6) is 0 Å². The van der Waals surface area contributed by atoms with Crippen LogP contribution in [0.3, 0.4) is 0 Å². The van der Waals surface area contributed by atoms with Crippen molar-refractivity contribution in [3.8, 4) is 0 Å². The Morgan fingerprint density at radius 2 is 2.10 bits per heavy atom. The Kier molecular flexibility index (Phi) is 6.56. The average molecular weight is 278 g/mol. The van der Waals surface area contributed by atoms with Crippen molar-refractivity contribution >= 4 is 12.0 Å². The summed E-state index contributed by atoms with van der Waals surface area (Å²) in [4.78, 5) is 22.5. The molecule has 110 valence electrons. The minimum Gasteiger partial charge on any atom is -0.480 e. The molecule has 0 aliphatic heterocycles. The maximum Gasteiger partial charge on any atom is 0.326 e. The molecule has 0 aliphatic carbocycles. The van der Waals surface area contributed by atoms with Crippen molar-refractivity contribution in [2.24, 2.45) is 0 Å². The van der Waals surface area contributed by atoms with Crippen LogP contribution in [0, 0.1) is 6.92 Å². The maximum atomic E-state index is 11.6. The van der Waals surface area contributed by atoms with E-state index < -0.39 is 18.0 Å². The Hall–Kier alpha value is -2.04. The van der Waals surface area contributed by atoms with Gasteiger partial charge in [-0.2, -0.15) is 0 Å². The van der Waals surface area contributed by atoms with Crippen LogP contribution in [0.25, 0.3) is 0 Å². The van der Waals surface area contributed by atoms with E-state index >= 15 is 0 Å². The summed E-state index contributed by atoms with van der Waals surface area (Å²) in [5, 5.41) is 14.1. The molecule has 0 radical (unpaired) electrons. The molecule has 0 fully saturated rings. The molecule has 1 rings (SSSR count). The lowest BCUT2D eigenvalue weighted by Gasteiger charge is -2.14. The average Bonchev–Trinajstić information content (AvgIpc) is 2.38. The Morgan fingerprint density at radius 3 is 2.70 bits per heavy atom. The van der Waals surface area contributed by atoms with E-state index in [1.54, 1.807) is 0 Å². The van der Waals surface area contributed by atoms with E-state index in [-0.39, 0.29) is 0 Å². The predicted molar refractivity (Wildman–Crippen MR) is 77.7 cm³/mol. The number of nitrogens with one attached hydrogen (secondary N) is 2. The van der Waals surface area contributed by atoms with Crippen molar-refractivity contribution in [3.05, 3.63) is 35.4 Å². The third kappa shape index (κ3) is 5.73. The second kappa shape index (κ2) is 8.19. The van der Waals surface area contributed by atoms with Crippen molar-refractivity contribution in [2.75, 3.05) is 6.54 Å². The second-order valence-corrected chi connectivity index (χ2v) is 4.82. The molecule has 0 unspecified atom stereocenters. The van der Waals surface area contributed by atoms with Crippen molar-refractivity contribution < 1.29 is 14.7 Å². The van der Waals surface area contributed by atoms with E-state index in [4.69, 9.17) is 5.11 Å². The van der Waals surface area contributed by atoms with Crippen LogP contribution < -0.4 is 10.6 Å². The molecule has 3 N–H and O–H groups in total. The van der Waals surface area contributed by atoms with E-state index in [0.717, 1.165) is 12.0 Å². The van der Waals surface area contributed by atoms with Crippen molar-refractivity contribution in [2.45, 2.75) is 39.2 Å². The summed E-state index contributed by atoms with van der Waals surface area (Å²) in [5.74, 6) is -0.999. The molecule has 1 atom stereocenters. The Labute approximate surface area is 119 Å². The lowest BCUT2D eigenvalue weighted by Crippen LogP contribution is -2.46. The number of hydrogen-bond donors (Lipinski definition) is 3. The first-order chi connectivity index (χ1) is 9.52. The highest BCUT2D eigenvalue weighted by Gasteiger charge is 2.18. The van der Waals surface area contributed by atoms with E-state index in [1.165, 1.54) is 5.56 Å². The third-order valence-electron chi connectivity index (χ3n) is 2.96. The van der Waals surface area contributed by atoms with Gasteiger partial charge in [0.1, 0.15) is 6.04 Å². The minimum absolute atomic E-state index is 0.431. The minimum atomic E-state index is -0.999. The van der Waals surface area contributed by atoms with Crippen LogP contribution in [0.2, 0.25) is 0 Å². The fourth-order valence-corrected chi connectivity index (χ4v) is 1.94. The quantitative estimate of drug-likeness (QED) is 0.714. The number of hydrogen-bond acceptors (Lipinski definition) is 2. The fraction of sp³-hybridized carbons (Fsp3) is 0.467. The van der Waals surface area contributed by atoms with Gasteiger partial charge in [-0.15, -0.1) is 0 Å². The molecule has 20 heavy (non-hydrogen) atoms. The SMILES string of the molecule is CCC[C@@H](NC(=O)NCCc1cccc(C)c1)C(=O)O. The first-order valence-electron chi connectivity index (χ1n) is 6.85. The molecule has 0 saturated heterocycles. The molecule has 0 heterocycles. The normalized spacial score (nSPS) is 11.7. The highest BCUT2D eigenvalue weighted by atomic mass is 16.4. The van der Waals surface area contributed by atoms with Gasteiger partial charge in [0, 0.05) is 6.54 Å². The molecule has 5 nitrogen and oxygen atoms in total.